The molecule has 0 aliphatic carbocycles. The van der Waals surface area contributed by atoms with Gasteiger partial charge in [0.05, 0.1) is 12.0 Å². The molecule has 0 bridgehead atoms. The minimum atomic E-state index is -1.14. The summed E-state index contributed by atoms with van der Waals surface area (Å²) in [6.45, 7) is 1.78. The summed E-state index contributed by atoms with van der Waals surface area (Å²) in [5.74, 6) is -0.729. The number of benzene rings is 2. The summed E-state index contributed by atoms with van der Waals surface area (Å²) in [4.78, 5) is 26.9. The van der Waals surface area contributed by atoms with Crippen molar-refractivity contribution in [2.45, 2.75) is 18.9 Å². The second kappa shape index (κ2) is 6.78. The number of urea groups is 1. The Morgan fingerprint density at radius 3 is 2.28 bits per heavy atom. The molecule has 1 aliphatic rings. The Morgan fingerprint density at radius 1 is 1.08 bits per heavy atom. The lowest BCUT2D eigenvalue weighted by molar-refractivity contribution is -0.131. The van der Waals surface area contributed by atoms with Gasteiger partial charge in [-0.25, -0.2) is 4.79 Å². The number of nitriles is 1. The number of carbonyl (C=O) groups is 2. The van der Waals surface area contributed by atoms with Crippen molar-refractivity contribution in [1.29, 1.82) is 5.26 Å². The lowest BCUT2D eigenvalue weighted by atomic mass is 9.83. The van der Waals surface area contributed by atoms with Gasteiger partial charge in [-0.1, -0.05) is 60.7 Å². The molecule has 1 fully saturated rings. The highest BCUT2D eigenvalue weighted by Gasteiger charge is 2.52. The molecular weight excluding hydrogens is 314 g/mol. The molecule has 2 atom stereocenters. The Bertz CT molecular complexity index is 814. The predicted molar refractivity (Wildman–Crippen MR) is 93.3 cm³/mol. The molecule has 0 aromatic heterocycles. The average Bonchev–Trinajstić information content (AvgIpc) is 2.88. The summed E-state index contributed by atoms with van der Waals surface area (Å²) >= 11 is 0. The average molecular weight is 333 g/mol. The van der Waals surface area contributed by atoms with Crippen LogP contribution in [0.15, 0.2) is 60.7 Å². The molecule has 1 aliphatic heterocycles. The predicted octanol–water partition coefficient (Wildman–Crippen LogP) is 2.84. The molecular formula is C20H19N3O2. The van der Waals surface area contributed by atoms with Gasteiger partial charge < -0.3 is 5.32 Å². The Kier molecular flexibility index (Phi) is 4.53. The van der Waals surface area contributed by atoms with Crippen molar-refractivity contribution in [2.24, 2.45) is 5.92 Å². The minimum absolute atomic E-state index is 0.0878. The molecule has 2 aromatic rings. The Hall–Kier alpha value is -3.13. The fourth-order valence-corrected chi connectivity index (χ4v) is 3.15. The molecule has 25 heavy (non-hydrogen) atoms. The van der Waals surface area contributed by atoms with Gasteiger partial charge in [0.25, 0.3) is 5.91 Å². The molecule has 0 spiro atoms. The molecule has 0 radical (unpaired) electrons. The van der Waals surface area contributed by atoms with E-state index in [1.165, 1.54) is 0 Å². The van der Waals surface area contributed by atoms with Crippen LogP contribution in [0.25, 0.3) is 0 Å². The smallest absolute Gasteiger partial charge is 0.319 e. The quantitative estimate of drug-likeness (QED) is 0.855. The topological polar surface area (TPSA) is 73.2 Å². The van der Waals surface area contributed by atoms with Gasteiger partial charge in [0.1, 0.15) is 0 Å². The van der Waals surface area contributed by atoms with Crippen molar-refractivity contribution >= 4 is 11.9 Å². The molecule has 0 saturated carbocycles. The van der Waals surface area contributed by atoms with Crippen LogP contribution in [0.3, 0.4) is 0 Å². The third kappa shape index (κ3) is 3.11. The first-order chi connectivity index (χ1) is 12.1. The fraction of sp³-hybridized carbons (Fsp3) is 0.250. The van der Waals surface area contributed by atoms with Crippen molar-refractivity contribution in [3.8, 4) is 6.07 Å². The van der Waals surface area contributed by atoms with Gasteiger partial charge in [0, 0.05) is 13.0 Å². The standard InChI is InChI=1S/C20H19N3O2/c1-15(13-21)14-23-18(24)20(22-19(23)25,17-10-6-3-7-11-17)12-16-8-4-2-5-9-16/h2-11,15H,12,14H2,1H3,(H,22,25)/t15-,20-/m0/s1. The minimum Gasteiger partial charge on any atom is -0.319 e. The zero-order chi connectivity index (χ0) is 17.9. The van der Waals surface area contributed by atoms with Gasteiger partial charge in [-0.2, -0.15) is 5.26 Å². The van der Waals surface area contributed by atoms with E-state index >= 15 is 0 Å². The molecule has 126 valence electrons. The summed E-state index contributed by atoms with van der Waals surface area (Å²) in [7, 11) is 0. The van der Waals surface area contributed by atoms with Crippen LogP contribution in [0.2, 0.25) is 0 Å². The van der Waals surface area contributed by atoms with Crippen LogP contribution < -0.4 is 5.32 Å². The SMILES string of the molecule is C[C@@H](C#N)CN1C(=O)N[C@@](Cc2ccccc2)(c2ccccc2)C1=O. The highest BCUT2D eigenvalue weighted by molar-refractivity contribution is 6.07. The van der Waals surface area contributed by atoms with Gasteiger partial charge in [-0.15, -0.1) is 0 Å². The van der Waals surface area contributed by atoms with Gasteiger partial charge >= 0.3 is 6.03 Å². The highest BCUT2D eigenvalue weighted by atomic mass is 16.2. The summed E-state index contributed by atoms with van der Waals surface area (Å²) in [6.07, 6.45) is 0.361. The van der Waals surface area contributed by atoms with Crippen LogP contribution in [0.5, 0.6) is 0 Å². The van der Waals surface area contributed by atoms with E-state index in [0.717, 1.165) is 16.0 Å². The fourth-order valence-electron chi connectivity index (χ4n) is 3.15. The number of nitrogens with zero attached hydrogens (tertiary/aromatic N) is 2. The largest absolute Gasteiger partial charge is 0.325 e. The lowest BCUT2D eigenvalue weighted by Crippen LogP contribution is -2.46. The third-order valence-electron chi connectivity index (χ3n) is 4.43. The summed E-state index contributed by atoms with van der Waals surface area (Å²) in [6, 6.07) is 20.5. The number of amides is 3. The van der Waals surface area contributed by atoms with Gasteiger partial charge in [0.2, 0.25) is 0 Å². The Morgan fingerprint density at radius 2 is 1.68 bits per heavy atom. The Balaban J connectivity index is 2.02. The van der Waals surface area contributed by atoms with Crippen LogP contribution in [-0.2, 0) is 16.8 Å². The highest BCUT2D eigenvalue weighted by Crippen LogP contribution is 2.33. The second-order valence-corrected chi connectivity index (χ2v) is 6.31. The summed E-state index contributed by atoms with van der Waals surface area (Å²) in [5.41, 5.74) is 0.550. The second-order valence-electron chi connectivity index (χ2n) is 6.31. The van der Waals surface area contributed by atoms with Crippen molar-refractivity contribution in [3.05, 3.63) is 71.8 Å². The molecule has 2 aromatic carbocycles. The zero-order valence-corrected chi connectivity index (χ0v) is 14.0. The number of hydrogen-bond donors (Lipinski definition) is 1. The van der Waals surface area contributed by atoms with E-state index < -0.39 is 17.5 Å². The molecule has 5 nitrogen and oxygen atoms in total. The van der Waals surface area contributed by atoms with E-state index in [0.29, 0.717) is 6.42 Å². The van der Waals surface area contributed by atoms with E-state index in [4.69, 9.17) is 5.26 Å². The first kappa shape index (κ1) is 16.7. The van der Waals surface area contributed by atoms with Gasteiger partial charge in [-0.05, 0) is 18.1 Å². The normalized spacial score (nSPS) is 20.9. The lowest BCUT2D eigenvalue weighted by Gasteiger charge is -2.27. The molecule has 3 rings (SSSR count). The summed E-state index contributed by atoms with van der Waals surface area (Å²) < 4.78 is 0. The maximum atomic E-state index is 13.2. The molecule has 3 amide bonds. The molecule has 1 heterocycles. The third-order valence-corrected chi connectivity index (χ3v) is 4.43. The van der Waals surface area contributed by atoms with E-state index in [1.807, 2.05) is 60.7 Å². The number of carbonyl (C=O) groups excluding carboxylic acids is 2. The number of rotatable bonds is 5. The van der Waals surface area contributed by atoms with Crippen molar-refractivity contribution < 1.29 is 9.59 Å². The number of hydrogen-bond acceptors (Lipinski definition) is 3. The first-order valence-corrected chi connectivity index (χ1v) is 8.20. The van der Waals surface area contributed by atoms with Crippen LogP contribution in [0.1, 0.15) is 18.1 Å². The van der Waals surface area contributed by atoms with Crippen LogP contribution in [0.4, 0.5) is 4.79 Å². The van der Waals surface area contributed by atoms with Crippen molar-refractivity contribution in [3.63, 3.8) is 0 Å². The molecule has 0 unspecified atom stereocenters. The maximum absolute atomic E-state index is 13.2. The van der Waals surface area contributed by atoms with Crippen molar-refractivity contribution in [2.75, 3.05) is 6.54 Å². The number of imide groups is 1. The maximum Gasteiger partial charge on any atom is 0.325 e. The monoisotopic (exact) mass is 333 g/mol. The summed E-state index contributed by atoms with van der Waals surface area (Å²) in [5, 5.41) is 11.9. The molecule has 1 N–H and O–H groups in total. The van der Waals surface area contributed by atoms with E-state index in [2.05, 4.69) is 11.4 Å². The van der Waals surface area contributed by atoms with Gasteiger partial charge in [-0.3, -0.25) is 9.69 Å². The van der Waals surface area contributed by atoms with Crippen molar-refractivity contribution in [1.82, 2.24) is 10.2 Å². The van der Waals surface area contributed by atoms with E-state index in [1.54, 1.807) is 6.92 Å². The van der Waals surface area contributed by atoms with Gasteiger partial charge in [0.15, 0.2) is 5.54 Å². The van der Waals surface area contributed by atoms with E-state index in [-0.39, 0.29) is 12.5 Å². The zero-order valence-electron chi connectivity index (χ0n) is 14.0. The number of nitrogens with one attached hydrogen (secondary N) is 1. The molecule has 1 saturated heterocycles. The van der Waals surface area contributed by atoms with Crippen LogP contribution in [-0.4, -0.2) is 23.4 Å². The van der Waals surface area contributed by atoms with Crippen LogP contribution >= 0.6 is 0 Å². The Labute approximate surface area is 146 Å². The molecule has 5 heteroatoms. The first-order valence-electron chi connectivity index (χ1n) is 8.20. The van der Waals surface area contributed by atoms with Crippen LogP contribution in [0, 0.1) is 17.2 Å². The van der Waals surface area contributed by atoms with E-state index in [9.17, 15) is 9.59 Å².